The van der Waals surface area contributed by atoms with Gasteiger partial charge in [-0.1, -0.05) is 6.92 Å². The highest BCUT2D eigenvalue weighted by molar-refractivity contribution is 5.90. The Balaban J connectivity index is 1.72. The molecule has 3 atom stereocenters. The van der Waals surface area contributed by atoms with Crippen molar-refractivity contribution in [3.05, 3.63) is 24.0 Å². The van der Waals surface area contributed by atoms with Gasteiger partial charge >= 0.3 is 12.2 Å². The van der Waals surface area contributed by atoms with Gasteiger partial charge in [0.2, 0.25) is 5.91 Å². The summed E-state index contributed by atoms with van der Waals surface area (Å²) in [5.41, 5.74) is 0.743. The van der Waals surface area contributed by atoms with E-state index in [-0.39, 0.29) is 24.4 Å². The molecule has 0 spiro atoms. The van der Waals surface area contributed by atoms with Crippen molar-refractivity contribution in [2.24, 2.45) is 5.92 Å². The number of cyclic esters (lactones) is 1. The van der Waals surface area contributed by atoms with Crippen molar-refractivity contribution in [2.45, 2.75) is 26.1 Å². The second-order valence-electron chi connectivity index (χ2n) is 7.34. The van der Waals surface area contributed by atoms with Crippen LogP contribution in [0.1, 0.15) is 13.8 Å². The number of ether oxygens (including phenoxy) is 2. The molecule has 2 saturated heterocycles. The highest BCUT2D eigenvalue weighted by Crippen LogP contribution is 2.31. The summed E-state index contributed by atoms with van der Waals surface area (Å²) in [6.07, 6.45) is -1.86. The molecule has 2 fully saturated rings. The van der Waals surface area contributed by atoms with Gasteiger partial charge in [0, 0.05) is 27.1 Å². The Bertz CT molecular complexity index is 820. The highest BCUT2D eigenvalue weighted by atomic mass is 19.1. The molecule has 158 valence electrons. The number of nitrogens with zero attached hydrogens (tertiary/aromatic N) is 3. The van der Waals surface area contributed by atoms with E-state index in [1.54, 1.807) is 19.2 Å². The molecule has 0 bridgehead atoms. The van der Waals surface area contributed by atoms with Crippen LogP contribution in [-0.4, -0.2) is 69.1 Å². The largest absolute Gasteiger partial charge is 0.453 e. The van der Waals surface area contributed by atoms with Crippen molar-refractivity contribution in [3.63, 3.8) is 0 Å². The van der Waals surface area contributed by atoms with Crippen molar-refractivity contribution >= 4 is 29.5 Å². The molecule has 1 N–H and O–H groups in total. The van der Waals surface area contributed by atoms with Crippen LogP contribution in [0.15, 0.2) is 18.2 Å². The molecule has 0 aliphatic carbocycles. The van der Waals surface area contributed by atoms with Gasteiger partial charge in [-0.15, -0.1) is 0 Å². The van der Waals surface area contributed by atoms with Crippen molar-refractivity contribution in [1.29, 1.82) is 0 Å². The second-order valence-corrected chi connectivity index (χ2v) is 7.34. The average molecular weight is 408 g/mol. The molecule has 2 heterocycles. The minimum absolute atomic E-state index is 0.115. The summed E-state index contributed by atoms with van der Waals surface area (Å²) in [5.74, 6) is -0.598. The van der Waals surface area contributed by atoms with Gasteiger partial charge in [-0.2, -0.15) is 0 Å². The lowest BCUT2D eigenvalue weighted by atomic mass is 10.1. The van der Waals surface area contributed by atoms with E-state index in [0.717, 1.165) is 0 Å². The Kier molecular flexibility index (Phi) is 5.81. The zero-order valence-corrected chi connectivity index (χ0v) is 16.8. The average Bonchev–Trinajstić information content (AvgIpc) is 3.23. The number of carbonyl (C=O) groups excluding carboxylic acids is 3. The summed E-state index contributed by atoms with van der Waals surface area (Å²) in [6, 6.07) is 4.37. The summed E-state index contributed by atoms with van der Waals surface area (Å²) >= 11 is 0. The predicted octanol–water partition coefficient (Wildman–Crippen LogP) is 1.77. The topological polar surface area (TPSA) is 91.4 Å². The van der Waals surface area contributed by atoms with Crippen LogP contribution in [0.3, 0.4) is 0 Å². The minimum atomic E-state index is -0.715. The maximum Gasteiger partial charge on any atom is 0.416 e. The van der Waals surface area contributed by atoms with E-state index in [2.05, 4.69) is 10.1 Å². The van der Waals surface area contributed by atoms with Gasteiger partial charge in [0.05, 0.1) is 31.1 Å². The first-order valence-corrected chi connectivity index (χ1v) is 9.31. The van der Waals surface area contributed by atoms with Crippen LogP contribution in [0.4, 0.5) is 25.4 Å². The third-order valence-corrected chi connectivity index (χ3v) is 5.41. The summed E-state index contributed by atoms with van der Waals surface area (Å²) < 4.78 is 24.7. The van der Waals surface area contributed by atoms with E-state index in [1.807, 2.05) is 11.8 Å². The maximum absolute atomic E-state index is 14.9. The second kappa shape index (κ2) is 8.14. The van der Waals surface area contributed by atoms with Gasteiger partial charge in [-0.05, 0) is 24.1 Å². The Hall–Kier alpha value is -3.04. The van der Waals surface area contributed by atoms with E-state index >= 15 is 0 Å². The van der Waals surface area contributed by atoms with Crippen LogP contribution in [0.2, 0.25) is 0 Å². The van der Waals surface area contributed by atoms with Crippen LogP contribution in [0, 0.1) is 11.7 Å². The van der Waals surface area contributed by atoms with Gasteiger partial charge in [0.25, 0.3) is 0 Å². The first-order chi connectivity index (χ1) is 13.7. The normalized spacial score (nSPS) is 23.8. The van der Waals surface area contributed by atoms with Crippen molar-refractivity contribution in [3.8, 4) is 0 Å². The quantitative estimate of drug-likeness (QED) is 0.817. The lowest BCUT2D eigenvalue weighted by molar-refractivity contribution is -0.134. The Morgan fingerprint density at radius 3 is 2.66 bits per heavy atom. The molecular weight excluding hydrogens is 383 g/mol. The number of halogens is 1. The van der Waals surface area contributed by atoms with E-state index in [4.69, 9.17) is 4.74 Å². The fourth-order valence-electron chi connectivity index (χ4n) is 3.54. The SMILES string of the molecule is COC(=O)N[C@H]1CN(c2ccc(N3CC(N(C)C(C)=O)OC3=O)cc2F)C[C@@H]1C. The third kappa shape index (κ3) is 4.20. The molecule has 2 aliphatic heterocycles. The zero-order chi connectivity index (χ0) is 21.3. The van der Waals surface area contributed by atoms with Crippen molar-refractivity contribution < 1.29 is 28.2 Å². The molecule has 9 nitrogen and oxygen atoms in total. The van der Waals surface area contributed by atoms with Crippen LogP contribution >= 0.6 is 0 Å². The van der Waals surface area contributed by atoms with Crippen LogP contribution < -0.4 is 15.1 Å². The first kappa shape index (κ1) is 20.7. The molecule has 3 rings (SSSR count). The van der Waals surface area contributed by atoms with E-state index in [9.17, 15) is 18.8 Å². The number of amides is 3. The molecule has 1 aromatic rings. The number of nitrogens with one attached hydrogen (secondary N) is 1. The predicted molar refractivity (Wildman–Crippen MR) is 103 cm³/mol. The number of hydrogen-bond donors (Lipinski definition) is 1. The van der Waals surface area contributed by atoms with E-state index < -0.39 is 24.2 Å². The number of benzene rings is 1. The smallest absolute Gasteiger partial charge is 0.416 e. The van der Waals surface area contributed by atoms with Crippen LogP contribution in [0.5, 0.6) is 0 Å². The fourth-order valence-corrected chi connectivity index (χ4v) is 3.54. The van der Waals surface area contributed by atoms with E-state index in [0.29, 0.717) is 24.5 Å². The summed E-state index contributed by atoms with van der Waals surface area (Å²) in [6.45, 7) is 4.49. The zero-order valence-electron chi connectivity index (χ0n) is 16.8. The summed E-state index contributed by atoms with van der Waals surface area (Å²) in [4.78, 5) is 39.6. The summed E-state index contributed by atoms with van der Waals surface area (Å²) in [5, 5.41) is 2.76. The molecule has 2 aliphatic rings. The third-order valence-electron chi connectivity index (χ3n) is 5.41. The molecule has 0 radical (unpaired) electrons. The molecule has 10 heteroatoms. The molecule has 29 heavy (non-hydrogen) atoms. The monoisotopic (exact) mass is 408 g/mol. The molecular formula is C19H25FN4O5. The molecule has 1 aromatic carbocycles. The highest BCUT2D eigenvalue weighted by Gasteiger charge is 2.37. The minimum Gasteiger partial charge on any atom is -0.453 e. The molecule has 0 saturated carbocycles. The maximum atomic E-state index is 14.9. The number of methoxy groups -OCH3 is 1. The van der Waals surface area contributed by atoms with Gasteiger partial charge in [0.15, 0.2) is 6.23 Å². The lowest BCUT2D eigenvalue weighted by Gasteiger charge is -2.22. The molecule has 3 amide bonds. The Morgan fingerprint density at radius 1 is 1.31 bits per heavy atom. The fraction of sp³-hybridized carbons (Fsp3) is 0.526. The van der Waals surface area contributed by atoms with Crippen LogP contribution in [0.25, 0.3) is 0 Å². The van der Waals surface area contributed by atoms with Crippen molar-refractivity contribution in [2.75, 3.05) is 43.6 Å². The number of likely N-dealkylation sites (N-methyl/N-ethyl adjacent to an activating group) is 1. The number of rotatable bonds is 4. The molecule has 0 aromatic heterocycles. The van der Waals surface area contributed by atoms with Gasteiger partial charge in [0.1, 0.15) is 5.82 Å². The number of anilines is 2. The molecule has 1 unspecified atom stereocenters. The number of carbonyl (C=O) groups is 3. The Labute approximate surface area is 168 Å². The lowest BCUT2D eigenvalue weighted by Crippen LogP contribution is -2.39. The van der Waals surface area contributed by atoms with Crippen LogP contribution in [-0.2, 0) is 14.3 Å². The summed E-state index contributed by atoms with van der Waals surface area (Å²) in [7, 11) is 2.84. The van der Waals surface area contributed by atoms with Gasteiger partial charge in [-0.3, -0.25) is 9.69 Å². The van der Waals surface area contributed by atoms with Gasteiger partial charge < -0.3 is 24.6 Å². The van der Waals surface area contributed by atoms with E-state index in [1.165, 1.54) is 29.9 Å². The standard InChI is InChI=1S/C19H25FN4O5/c1-11-8-23(9-15(11)21-18(26)28-4)16-6-5-13(7-14(16)20)24-10-17(29-19(24)27)22(3)12(2)25/h5-7,11,15,17H,8-10H2,1-4H3,(H,21,26)/t11-,15-,17?/m0/s1. The number of hydrogen-bond acceptors (Lipinski definition) is 6. The van der Waals surface area contributed by atoms with Gasteiger partial charge in [-0.25, -0.2) is 14.0 Å². The van der Waals surface area contributed by atoms with Crippen molar-refractivity contribution in [1.82, 2.24) is 10.2 Å². The Morgan fingerprint density at radius 2 is 2.03 bits per heavy atom. The number of alkyl carbamates (subject to hydrolysis) is 1. The first-order valence-electron chi connectivity index (χ1n) is 9.31.